The van der Waals surface area contributed by atoms with Crippen LogP contribution in [0.15, 0.2) is 53.0 Å². The lowest BCUT2D eigenvalue weighted by Gasteiger charge is -2.12. The third-order valence-corrected chi connectivity index (χ3v) is 3.55. The molecule has 0 aliphatic rings. The molecule has 0 saturated carbocycles. The summed E-state index contributed by atoms with van der Waals surface area (Å²) in [6, 6.07) is 14.5. The molecular formula is C15H15BrN2O2. The lowest BCUT2D eigenvalue weighted by molar-refractivity contribution is -0.385. The molecule has 0 amide bonds. The monoisotopic (exact) mass is 334 g/mol. The predicted octanol–water partition coefficient (Wildman–Crippen LogP) is 3.47. The molecule has 0 saturated heterocycles. The van der Waals surface area contributed by atoms with Crippen LogP contribution in [-0.4, -0.2) is 11.0 Å². The van der Waals surface area contributed by atoms with Gasteiger partial charge in [-0.25, -0.2) is 0 Å². The fourth-order valence-electron chi connectivity index (χ4n) is 2.18. The molecule has 2 rings (SSSR count). The molecule has 4 nitrogen and oxygen atoms in total. The fraction of sp³-hybridized carbons (Fsp3) is 0.200. The van der Waals surface area contributed by atoms with E-state index in [0.717, 1.165) is 10.0 Å². The van der Waals surface area contributed by atoms with Crippen molar-refractivity contribution in [1.82, 2.24) is 0 Å². The van der Waals surface area contributed by atoms with Crippen LogP contribution in [-0.2, 0) is 12.8 Å². The van der Waals surface area contributed by atoms with E-state index in [4.69, 9.17) is 5.73 Å². The van der Waals surface area contributed by atoms with Crippen LogP contribution in [0.4, 0.5) is 5.69 Å². The first-order chi connectivity index (χ1) is 9.56. The Labute approximate surface area is 125 Å². The van der Waals surface area contributed by atoms with E-state index in [2.05, 4.69) is 15.9 Å². The van der Waals surface area contributed by atoms with Crippen LogP contribution in [0.5, 0.6) is 0 Å². The first-order valence-electron chi connectivity index (χ1n) is 6.28. The summed E-state index contributed by atoms with van der Waals surface area (Å²) in [5, 5.41) is 11.0. The number of nitro benzene ring substituents is 1. The molecule has 5 heteroatoms. The molecule has 2 N–H and O–H groups in total. The number of para-hydroxylation sites is 1. The fourth-order valence-corrected chi connectivity index (χ4v) is 2.63. The number of halogens is 1. The molecule has 0 aliphatic carbocycles. The minimum absolute atomic E-state index is 0.136. The summed E-state index contributed by atoms with van der Waals surface area (Å²) in [7, 11) is 0. The normalized spacial score (nSPS) is 12.1. The molecule has 104 valence electrons. The second kappa shape index (κ2) is 6.63. The van der Waals surface area contributed by atoms with Crippen molar-refractivity contribution in [2.45, 2.75) is 18.9 Å². The van der Waals surface area contributed by atoms with Crippen molar-refractivity contribution in [3.05, 3.63) is 74.2 Å². The number of benzene rings is 2. The van der Waals surface area contributed by atoms with Gasteiger partial charge in [-0.2, -0.15) is 0 Å². The zero-order valence-corrected chi connectivity index (χ0v) is 12.4. The van der Waals surface area contributed by atoms with Gasteiger partial charge in [0.25, 0.3) is 5.69 Å². The van der Waals surface area contributed by atoms with E-state index in [1.54, 1.807) is 18.2 Å². The van der Waals surface area contributed by atoms with E-state index < -0.39 is 0 Å². The summed E-state index contributed by atoms with van der Waals surface area (Å²) < 4.78 is 1.01. The molecule has 1 unspecified atom stereocenters. The van der Waals surface area contributed by atoms with Crippen LogP contribution < -0.4 is 5.73 Å². The van der Waals surface area contributed by atoms with E-state index >= 15 is 0 Å². The van der Waals surface area contributed by atoms with Gasteiger partial charge in [-0.3, -0.25) is 10.1 Å². The van der Waals surface area contributed by atoms with E-state index in [0.29, 0.717) is 18.4 Å². The van der Waals surface area contributed by atoms with E-state index in [1.807, 2.05) is 24.3 Å². The van der Waals surface area contributed by atoms with Crippen molar-refractivity contribution in [3.8, 4) is 0 Å². The molecule has 2 aromatic rings. The Hall–Kier alpha value is -1.72. The number of nitro groups is 1. The van der Waals surface area contributed by atoms with Gasteiger partial charge in [0.05, 0.1) is 4.92 Å². The molecule has 0 radical (unpaired) electrons. The third kappa shape index (κ3) is 3.88. The Bertz CT molecular complexity index is 616. The summed E-state index contributed by atoms with van der Waals surface area (Å²) in [5.74, 6) is 0. The van der Waals surface area contributed by atoms with Gasteiger partial charge in [-0.1, -0.05) is 46.3 Å². The summed E-state index contributed by atoms with van der Waals surface area (Å²) in [6.45, 7) is 0. The molecule has 0 aromatic heterocycles. The molecule has 1 atom stereocenters. The van der Waals surface area contributed by atoms with Crippen LogP contribution in [0.3, 0.4) is 0 Å². The van der Waals surface area contributed by atoms with Gasteiger partial charge in [0.1, 0.15) is 0 Å². The van der Waals surface area contributed by atoms with Gasteiger partial charge < -0.3 is 5.73 Å². The van der Waals surface area contributed by atoms with E-state index in [9.17, 15) is 10.1 Å². The van der Waals surface area contributed by atoms with Crippen molar-refractivity contribution in [3.63, 3.8) is 0 Å². The standard InChI is InChI=1S/C15H15BrN2O2/c16-13-6-3-4-11(8-13)9-14(17)10-12-5-1-2-7-15(12)18(19)20/h1-8,14H,9-10,17H2. The maximum absolute atomic E-state index is 11.0. The van der Waals surface area contributed by atoms with Crippen LogP contribution >= 0.6 is 15.9 Å². The number of hydrogen-bond donors (Lipinski definition) is 1. The minimum atomic E-state index is -0.360. The average molecular weight is 335 g/mol. The quantitative estimate of drug-likeness (QED) is 0.672. The molecule has 0 bridgehead atoms. The number of rotatable bonds is 5. The molecule has 0 heterocycles. The van der Waals surface area contributed by atoms with Crippen molar-refractivity contribution < 1.29 is 4.92 Å². The Morgan fingerprint density at radius 1 is 1.15 bits per heavy atom. The molecular weight excluding hydrogens is 320 g/mol. The number of hydrogen-bond acceptors (Lipinski definition) is 3. The van der Waals surface area contributed by atoms with Crippen molar-refractivity contribution in [2.24, 2.45) is 5.73 Å². The SMILES string of the molecule is NC(Cc1cccc(Br)c1)Cc1ccccc1[N+](=O)[O-]. The maximum Gasteiger partial charge on any atom is 0.272 e. The Morgan fingerprint density at radius 2 is 1.90 bits per heavy atom. The van der Waals surface area contributed by atoms with Crippen molar-refractivity contribution in [1.29, 1.82) is 0 Å². The number of nitrogens with two attached hydrogens (primary N) is 1. The van der Waals surface area contributed by atoms with Crippen molar-refractivity contribution in [2.75, 3.05) is 0 Å². The predicted molar refractivity (Wildman–Crippen MR) is 82.6 cm³/mol. The molecule has 0 aliphatic heterocycles. The second-order valence-corrected chi connectivity index (χ2v) is 5.60. The van der Waals surface area contributed by atoms with Gasteiger partial charge in [0.2, 0.25) is 0 Å². The first-order valence-corrected chi connectivity index (χ1v) is 7.08. The summed E-state index contributed by atoms with van der Waals surface area (Å²) in [6.07, 6.45) is 1.18. The Balaban J connectivity index is 2.08. The lowest BCUT2D eigenvalue weighted by atomic mass is 9.99. The Morgan fingerprint density at radius 3 is 2.60 bits per heavy atom. The Kier molecular flexibility index (Phi) is 4.87. The van der Waals surface area contributed by atoms with Gasteiger partial charge in [0.15, 0.2) is 0 Å². The molecule has 0 fully saturated rings. The molecule has 0 spiro atoms. The highest BCUT2D eigenvalue weighted by Gasteiger charge is 2.15. The van der Waals surface area contributed by atoms with Crippen LogP contribution in [0.2, 0.25) is 0 Å². The van der Waals surface area contributed by atoms with E-state index in [-0.39, 0.29) is 16.7 Å². The smallest absolute Gasteiger partial charge is 0.272 e. The average Bonchev–Trinajstić information content (AvgIpc) is 2.38. The highest BCUT2D eigenvalue weighted by Crippen LogP contribution is 2.20. The largest absolute Gasteiger partial charge is 0.327 e. The van der Waals surface area contributed by atoms with E-state index in [1.165, 1.54) is 6.07 Å². The van der Waals surface area contributed by atoms with Gasteiger partial charge in [-0.15, -0.1) is 0 Å². The highest BCUT2D eigenvalue weighted by atomic mass is 79.9. The lowest BCUT2D eigenvalue weighted by Crippen LogP contribution is -2.25. The van der Waals surface area contributed by atoms with Crippen LogP contribution in [0.1, 0.15) is 11.1 Å². The first kappa shape index (κ1) is 14.7. The van der Waals surface area contributed by atoms with Gasteiger partial charge >= 0.3 is 0 Å². The van der Waals surface area contributed by atoms with Crippen molar-refractivity contribution >= 4 is 21.6 Å². The summed E-state index contributed by atoms with van der Waals surface area (Å²) in [5.41, 5.74) is 8.05. The highest BCUT2D eigenvalue weighted by molar-refractivity contribution is 9.10. The maximum atomic E-state index is 11.0. The molecule has 20 heavy (non-hydrogen) atoms. The zero-order chi connectivity index (χ0) is 14.5. The summed E-state index contributed by atoms with van der Waals surface area (Å²) in [4.78, 5) is 10.6. The minimum Gasteiger partial charge on any atom is -0.327 e. The topological polar surface area (TPSA) is 69.2 Å². The third-order valence-electron chi connectivity index (χ3n) is 3.06. The zero-order valence-electron chi connectivity index (χ0n) is 10.8. The molecule has 2 aromatic carbocycles. The van der Waals surface area contributed by atoms with Gasteiger partial charge in [0, 0.05) is 22.1 Å². The summed E-state index contributed by atoms with van der Waals surface area (Å²) >= 11 is 3.42. The second-order valence-electron chi connectivity index (χ2n) is 4.68. The van der Waals surface area contributed by atoms with Gasteiger partial charge in [-0.05, 0) is 30.5 Å². The van der Waals surface area contributed by atoms with Crippen LogP contribution in [0.25, 0.3) is 0 Å². The van der Waals surface area contributed by atoms with Crippen LogP contribution in [0, 0.1) is 10.1 Å². The number of nitrogens with zero attached hydrogens (tertiary/aromatic N) is 1.